The Hall–Kier alpha value is -1.59. The Balaban J connectivity index is 4.81. The van der Waals surface area contributed by atoms with Gasteiger partial charge in [0, 0.05) is 25.9 Å². The van der Waals surface area contributed by atoms with Gasteiger partial charge in [-0.2, -0.15) is 0 Å². The molecule has 2 N–H and O–H groups in total. The van der Waals surface area contributed by atoms with Gasteiger partial charge in [0.1, 0.15) is 6.04 Å². The van der Waals surface area contributed by atoms with E-state index in [4.69, 9.17) is 0 Å². The van der Waals surface area contributed by atoms with Crippen LogP contribution in [0.3, 0.4) is 0 Å². The number of aliphatic carboxylic acids is 1. The largest absolute Gasteiger partial charge is 0.481 e. The second-order valence-electron chi connectivity index (χ2n) is 15.7. The van der Waals surface area contributed by atoms with Gasteiger partial charge in [-0.05, 0) is 25.7 Å². The summed E-state index contributed by atoms with van der Waals surface area (Å²) < 4.78 is 0. The Morgan fingerprint density at radius 3 is 1.04 bits per heavy atom. The molecule has 0 spiro atoms. The molecule has 0 heterocycles. The Morgan fingerprint density at radius 1 is 0.431 bits per heavy atom. The lowest BCUT2D eigenvalue weighted by atomic mass is 10.0. The topological polar surface area (TPSA) is 86.7 Å². The van der Waals surface area contributed by atoms with Gasteiger partial charge >= 0.3 is 5.97 Å². The number of nitrogens with one attached hydrogen (secondary N) is 1. The molecule has 0 aliphatic carbocycles. The van der Waals surface area contributed by atoms with E-state index in [0.717, 1.165) is 44.9 Å². The molecule has 0 radical (unpaired) electrons. The van der Waals surface area contributed by atoms with Crippen LogP contribution in [0.1, 0.15) is 252 Å². The number of carbonyl (C=O) groups excluding carboxylic acids is 2. The maximum atomic E-state index is 13.9. The lowest BCUT2D eigenvalue weighted by Gasteiger charge is -2.28. The van der Waals surface area contributed by atoms with Gasteiger partial charge in [-0.25, -0.2) is 0 Å². The molecule has 0 bridgehead atoms. The summed E-state index contributed by atoms with van der Waals surface area (Å²) in [5.74, 6) is -1.12. The molecule has 0 rings (SSSR count). The minimum atomic E-state index is -0.922. The van der Waals surface area contributed by atoms with Gasteiger partial charge in [-0.15, -0.1) is 0 Å². The summed E-state index contributed by atoms with van der Waals surface area (Å²) in [6, 6.07) is -0.748. The van der Waals surface area contributed by atoms with E-state index >= 15 is 0 Å². The van der Waals surface area contributed by atoms with E-state index in [1.54, 1.807) is 0 Å². The van der Waals surface area contributed by atoms with Crippen LogP contribution in [0.2, 0.25) is 0 Å². The van der Waals surface area contributed by atoms with Crippen molar-refractivity contribution < 1.29 is 19.5 Å². The predicted octanol–water partition coefficient (Wildman–Crippen LogP) is 13.5. The SMILES string of the molecule is CCCCCCCCCCCCCCN(CCCCCCCCCCCCCC)C(=O)[C@H](CCC(=O)O)NC(=O)CCCCCCCCCCC. The van der Waals surface area contributed by atoms with Crippen molar-refractivity contribution in [2.24, 2.45) is 0 Å². The average Bonchev–Trinajstić information content (AvgIpc) is 3.12. The molecule has 0 aliphatic heterocycles. The van der Waals surface area contributed by atoms with E-state index in [0.29, 0.717) is 19.5 Å². The number of hydrogen-bond donors (Lipinski definition) is 2. The van der Waals surface area contributed by atoms with Crippen LogP contribution in [0.25, 0.3) is 0 Å². The van der Waals surface area contributed by atoms with Crippen LogP contribution in [-0.4, -0.2) is 46.9 Å². The van der Waals surface area contributed by atoms with Crippen molar-refractivity contribution in [2.45, 2.75) is 258 Å². The van der Waals surface area contributed by atoms with Gasteiger partial charge < -0.3 is 15.3 Å². The molecule has 0 saturated heterocycles. The highest BCUT2D eigenvalue weighted by molar-refractivity contribution is 5.88. The van der Waals surface area contributed by atoms with Crippen LogP contribution in [0.4, 0.5) is 0 Å². The van der Waals surface area contributed by atoms with Gasteiger partial charge in [0.2, 0.25) is 11.8 Å². The molecular weight excluding hydrogens is 633 g/mol. The van der Waals surface area contributed by atoms with Crippen LogP contribution in [0, 0.1) is 0 Å². The van der Waals surface area contributed by atoms with Crippen molar-refractivity contribution in [2.75, 3.05) is 13.1 Å². The van der Waals surface area contributed by atoms with Crippen LogP contribution in [-0.2, 0) is 14.4 Å². The molecular formula is C45H88N2O4. The van der Waals surface area contributed by atoms with Crippen LogP contribution < -0.4 is 5.32 Å². The van der Waals surface area contributed by atoms with E-state index in [9.17, 15) is 19.5 Å². The van der Waals surface area contributed by atoms with E-state index in [1.165, 1.54) is 167 Å². The monoisotopic (exact) mass is 721 g/mol. The summed E-state index contributed by atoms with van der Waals surface area (Å²) in [7, 11) is 0. The van der Waals surface area contributed by atoms with Crippen molar-refractivity contribution in [3.05, 3.63) is 0 Å². The van der Waals surface area contributed by atoms with E-state index < -0.39 is 12.0 Å². The van der Waals surface area contributed by atoms with Crippen molar-refractivity contribution in [3.8, 4) is 0 Å². The lowest BCUT2D eigenvalue weighted by Crippen LogP contribution is -2.49. The summed E-state index contributed by atoms with van der Waals surface area (Å²) in [5, 5.41) is 12.4. The molecule has 0 aromatic carbocycles. The molecule has 0 aliphatic rings. The van der Waals surface area contributed by atoms with E-state index in [1.807, 2.05) is 4.90 Å². The standard InChI is InChI=1S/C45H88N2O4/c1-4-7-10-13-16-19-21-23-26-29-32-35-40-47(41-36-33-30-27-24-22-20-17-14-11-8-5-2)45(51)42(38-39-44(49)50)46-43(48)37-34-31-28-25-18-15-12-9-6-3/h42H,4-41H2,1-3H3,(H,46,48)(H,49,50)/t42-/m0/s1. The lowest BCUT2D eigenvalue weighted by molar-refractivity contribution is -0.139. The smallest absolute Gasteiger partial charge is 0.303 e. The maximum Gasteiger partial charge on any atom is 0.303 e. The van der Waals surface area contributed by atoms with Crippen molar-refractivity contribution in [1.29, 1.82) is 0 Å². The molecule has 0 aromatic rings. The second-order valence-corrected chi connectivity index (χ2v) is 15.7. The van der Waals surface area contributed by atoms with Crippen molar-refractivity contribution in [1.82, 2.24) is 10.2 Å². The molecule has 1 atom stereocenters. The van der Waals surface area contributed by atoms with Crippen molar-refractivity contribution in [3.63, 3.8) is 0 Å². The van der Waals surface area contributed by atoms with Gasteiger partial charge in [-0.1, -0.05) is 213 Å². The van der Waals surface area contributed by atoms with Gasteiger partial charge in [0.05, 0.1) is 0 Å². The summed E-state index contributed by atoms with van der Waals surface area (Å²) in [4.78, 5) is 40.3. The fourth-order valence-corrected chi connectivity index (χ4v) is 7.23. The molecule has 51 heavy (non-hydrogen) atoms. The first kappa shape index (κ1) is 49.4. The van der Waals surface area contributed by atoms with Gasteiger partial charge in [0.25, 0.3) is 0 Å². The Morgan fingerprint density at radius 2 is 0.725 bits per heavy atom. The summed E-state index contributed by atoms with van der Waals surface area (Å²) in [6.45, 7) is 8.18. The number of amides is 2. The minimum absolute atomic E-state index is 0.0807. The maximum absolute atomic E-state index is 13.9. The summed E-state index contributed by atoms with van der Waals surface area (Å²) in [6.07, 6.45) is 41.8. The number of hydrogen-bond acceptors (Lipinski definition) is 3. The van der Waals surface area contributed by atoms with E-state index in [2.05, 4.69) is 26.1 Å². The highest BCUT2D eigenvalue weighted by atomic mass is 16.4. The zero-order valence-corrected chi connectivity index (χ0v) is 34.6. The zero-order chi connectivity index (χ0) is 37.5. The number of carbonyl (C=O) groups is 3. The van der Waals surface area contributed by atoms with Crippen LogP contribution in [0.15, 0.2) is 0 Å². The fraction of sp³-hybridized carbons (Fsp3) is 0.933. The molecule has 2 amide bonds. The van der Waals surface area contributed by atoms with Crippen LogP contribution in [0.5, 0.6) is 0 Å². The third-order valence-corrected chi connectivity index (χ3v) is 10.7. The zero-order valence-electron chi connectivity index (χ0n) is 34.6. The molecule has 302 valence electrons. The predicted molar refractivity (Wildman–Crippen MR) is 219 cm³/mol. The third-order valence-electron chi connectivity index (χ3n) is 10.7. The third kappa shape index (κ3) is 35.2. The van der Waals surface area contributed by atoms with E-state index in [-0.39, 0.29) is 24.7 Å². The molecule has 0 fully saturated rings. The number of nitrogens with zero attached hydrogens (tertiary/aromatic N) is 1. The quantitative estimate of drug-likeness (QED) is 0.0616. The highest BCUT2D eigenvalue weighted by Crippen LogP contribution is 2.16. The Labute approximate surface area is 317 Å². The first-order valence-corrected chi connectivity index (χ1v) is 22.8. The Bertz CT molecular complexity index is 745. The van der Waals surface area contributed by atoms with Crippen molar-refractivity contribution >= 4 is 17.8 Å². The number of rotatable bonds is 41. The second kappa shape index (κ2) is 39.6. The molecule has 0 aromatic heterocycles. The average molecular weight is 721 g/mol. The molecule has 6 nitrogen and oxygen atoms in total. The summed E-state index contributed by atoms with van der Waals surface area (Å²) in [5.41, 5.74) is 0. The minimum Gasteiger partial charge on any atom is -0.481 e. The van der Waals surface area contributed by atoms with Gasteiger partial charge in [-0.3, -0.25) is 14.4 Å². The molecule has 0 unspecified atom stereocenters. The first-order chi connectivity index (χ1) is 25.0. The number of carboxylic acids is 1. The summed E-state index contributed by atoms with van der Waals surface area (Å²) >= 11 is 0. The van der Waals surface area contributed by atoms with Gasteiger partial charge in [0.15, 0.2) is 0 Å². The Kier molecular flexibility index (Phi) is 38.4. The number of carboxylic acid groups (broad SMARTS) is 1. The number of unbranched alkanes of at least 4 members (excludes halogenated alkanes) is 30. The first-order valence-electron chi connectivity index (χ1n) is 22.8. The molecule has 6 heteroatoms. The van der Waals surface area contributed by atoms with Crippen LogP contribution >= 0.6 is 0 Å². The molecule has 0 saturated carbocycles. The normalized spacial score (nSPS) is 11.9. The highest BCUT2D eigenvalue weighted by Gasteiger charge is 2.26. The fourth-order valence-electron chi connectivity index (χ4n) is 7.23.